The molecule has 25 heavy (non-hydrogen) atoms. The summed E-state index contributed by atoms with van der Waals surface area (Å²) in [7, 11) is 0. The number of aliphatic hydroxyl groups excluding tert-OH is 1. The highest BCUT2D eigenvalue weighted by atomic mass is 19.4. The van der Waals surface area contributed by atoms with Crippen molar-refractivity contribution < 1.29 is 23.1 Å². The van der Waals surface area contributed by atoms with E-state index in [2.05, 4.69) is 4.98 Å². The molecule has 0 aliphatic carbocycles. The Morgan fingerprint density at radius 3 is 2.56 bits per heavy atom. The summed E-state index contributed by atoms with van der Waals surface area (Å²) < 4.78 is 39.9. The fraction of sp³-hybridized carbons (Fsp3) is 0.333. The van der Waals surface area contributed by atoms with Gasteiger partial charge in [-0.05, 0) is 35.7 Å². The van der Waals surface area contributed by atoms with Crippen molar-refractivity contribution in [3.8, 4) is 0 Å². The lowest BCUT2D eigenvalue weighted by Gasteiger charge is -2.27. The number of pyridine rings is 1. The first-order chi connectivity index (χ1) is 11.9. The lowest BCUT2D eigenvalue weighted by atomic mass is 9.97. The minimum absolute atomic E-state index is 0.0228. The number of aliphatic hydroxyl groups is 1. The Balaban J connectivity index is 1.89. The topological polar surface area (TPSA) is 53.4 Å². The van der Waals surface area contributed by atoms with Gasteiger partial charge in [0.05, 0.1) is 24.1 Å². The van der Waals surface area contributed by atoms with Crippen molar-refractivity contribution in [2.45, 2.75) is 31.2 Å². The molecule has 7 heteroatoms. The van der Waals surface area contributed by atoms with Gasteiger partial charge in [0.2, 0.25) is 5.91 Å². The molecule has 0 spiro atoms. The van der Waals surface area contributed by atoms with Gasteiger partial charge in [-0.3, -0.25) is 9.78 Å². The van der Waals surface area contributed by atoms with Gasteiger partial charge >= 0.3 is 6.18 Å². The first-order valence-corrected chi connectivity index (χ1v) is 7.89. The molecule has 1 aliphatic rings. The largest absolute Gasteiger partial charge is 0.416 e. The van der Waals surface area contributed by atoms with E-state index in [4.69, 9.17) is 0 Å². The molecule has 1 aromatic carbocycles. The van der Waals surface area contributed by atoms with Crippen molar-refractivity contribution in [1.29, 1.82) is 0 Å². The van der Waals surface area contributed by atoms with Gasteiger partial charge in [-0.25, -0.2) is 0 Å². The summed E-state index contributed by atoms with van der Waals surface area (Å²) in [5.74, 6) is -0.315. The van der Waals surface area contributed by atoms with Crippen molar-refractivity contribution >= 4 is 5.91 Å². The summed E-state index contributed by atoms with van der Waals surface area (Å²) in [6, 6.07) is 7.79. The number of hydrogen-bond acceptors (Lipinski definition) is 3. The summed E-state index contributed by atoms with van der Waals surface area (Å²) in [4.78, 5) is 17.8. The molecule has 132 valence electrons. The van der Waals surface area contributed by atoms with Gasteiger partial charge in [-0.1, -0.05) is 18.2 Å². The van der Waals surface area contributed by atoms with Crippen LogP contribution in [0, 0.1) is 0 Å². The van der Waals surface area contributed by atoms with Crippen LogP contribution in [0.3, 0.4) is 0 Å². The Kier molecular flexibility index (Phi) is 4.76. The average Bonchev–Trinajstić information content (AvgIpc) is 2.97. The van der Waals surface area contributed by atoms with Crippen molar-refractivity contribution in [3.05, 3.63) is 65.5 Å². The van der Waals surface area contributed by atoms with Crippen LogP contribution in [0.15, 0.2) is 48.8 Å². The fourth-order valence-corrected chi connectivity index (χ4v) is 3.21. The number of alkyl halides is 3. The molecule has 0 radical (unpaired) electrons. The van der Waals surface area contributed by atoms with Gasteiger partial charge in [0, 0.05) is 18.9 Å². The zero-order valence-corrected chi connectivity index (χ0v) is 13.3. The van der Waals surface area contributed by atoms with Crippen molar-refractivity contribution in [1.82, 2.24) is 9.88 Å². The van der Waals surface area contributed by atoms with E-state index in [1.807, 2.05) is 0 Å². The average molecular weight is 350 g/mol. The number of carbonyl (C=O) groups excluding carboxylic acids is 1. The van der Waals surface area contributed by atoms with Crippen LogP contribution in [0.1, 0.15) is 29.2 Å². The molecular formula is C18H17F3N2O2. The third kappa shape index (κ3) is 3.82. The molecule has 1 fully saturated rings. The minimum Gasteiger partial charge on any atom is -0.391 e. The third-order valence-electron chi connectivity index (χ3n) is 4.33. The Hall–Kier alpha value is -2.41. The summed E-state index contributed by atoms with van der Waals surface area (Å²) in [5.41, 5.74) is -0.0188. The van der Waals surface area contributed by atoms with E-state index < -0.39 is 23.9 Å². The highest BCUT2D eigenvalue weighted by Gasteiger charge is 2.41. The summed E-state index contributed by atoms with van der Waals surface area (Å²) in [6.07, 6.45) is -2.10. The van der Waals surface area contributed by atoms with Crippen molar-refractivity contribution in [3.63, 3.8) is 0 Å². The Labute approximate surface area is 142 Å². The second-order valence-electron chi connectivity index (χ2n) is 6.07. The normalized spacial score (nSPS) is 20.7. The van der Waals surface area contributed by atoms with E-state index >= 15 is 0 Å². The fourth-order valence-electron chi connectivity index (χ4n) is 3.21. The first kappa shape index (κ1) is 17.4. The number of halogens is 3. The molecule has 1 amide bonds. The van der Waals surface area contributed by atoms with Crippen LogP contribution in [0.25, 0.3) is 0 Å². The van der Waals surface area contributed by atoms with Crippen LogP contribution in [0.5, 0.6) is 0 Å². The predicted octanol–water partition coefficient (Wildman–Crippen LogP) is 2.98. The quantitative estimate of drug-likeness (QED) is 0.926. The highest BCUT2D eigenvalue weighted by molar-refractivity contribution is 5.79. The van der Waals surface area contributed by atoms with Crippen LogP contribution in [0.4, 0.5) is 13.2 Å². The molecule has 0 unspecified atom stereocenters. The Bertz CT molecular complexity index is 749. The second-order valence-corrected chi connectivity index (χ2v) is 6.07. The van der Waals surface area contributed by atoms with E-state index in [1.165, 1.54) is 23.1 Å². The zero-order chi connectivity index (χ0) is 18.0. The smallest absolute Gasteiger partial charge is 0.391 e. The monoisotopic (exact) mass is 350 g/mol. The Morgan fingerprint density at radius 2 is 1.88 bits per heavy atom. The van der Waals surface area contributed by atoms with Gasteiger partial charge in [0.1, 0.15) is 0 Å². The molecule has 2 aromatic rings. The number of β-amino-alcohol motifs (C(OH)–C–C–N with tert-alkyl or cyclic N) is 1. The summed E-state index contributed by atoms with van der Waals surface area (Å²) in [6.45, 7) is 0.0285. The van der Waals surface area contributed by atoms with Crippen LogP contribution >= 0.6 is 0 Å². The predicted molar refractivity (Wildman–Crippen MR) is 84.5 cm³/mol. The molecule has 2 heterocycles. The number of carbonyl (C=O) groups is 1. The van der Waals surface area contributed by atoms with E-state index in [1.54, 1.807) is 24.5 Å². The molecule has 1 aliphatic heterocycles. The Morgan fingerprint density at radius 1 is 1.20 bits per heavy atom. The lowest BCUT2D eigenvalue weighted by Crippen LogP contribution is -2.33. The van der Waals surface area contributed by atoms with Crippen LogP contribution in [-0.2, 0) is 17.4 Å². The van der Waals surface area contributed by atoms with Gasteiger partial charge in [0.15, 0.2) is 0 Å². The number of amides is 1. The molecular weight excluding hydrogens is 333 g/mol. The van der Waals surface area contributed by atoms with E-state index in [0.717, 1.165) is 11.6 Å². The second kappa shape index (κ2) is 6.84. The minimum atomic E-state index is -4.51. The zero-order valence-electron chi connectivity index (χ0n) is 13.3. The number of aromatic nitrogens is 1. The van der Waals surface area contributed by atoms with Crippen molar-refractivity contribution in [2.24, 2.45) is 0 Å². The van der Waals surface area contributed by atoms with Gasteiger partial charge < -0.3 is 10.0 Å². The van der Waals surface area contributed by atoms with Crippen LogP contribution in [-0.4, -0.2) is 33.5 Å². The SMILES string of the molecule is O=C(Cc1ccncc1)N1C[C@@H](O)C[C@H]1c1ccccc1C(F)(F)F. The third-order valence-corrected chi connectivity index (χ3v) is 4.33. The number of nitrogens with zero attached hydrogens (tertiary/aromatic N) is 2. The molecule has 0 saturated carbocycles. The molecule has 1 saturated heterocycles. The van der Waals surface area contributed by atoms with Gasteiger partial charge in [-0.2, -0.15) is 13.2 Å². The van der Waals surface area contributed by atoms with E-state index in [-0.39, 0.29) is 30.9 Å². The maximum Gasteiger partial charge on any atom is 0.416 e. The molecule has 4 nitrogen and oxygen atoms in total. The van der Waals surface area contributed by atoms with Gasteiger partial charge in [-0.15, -0.1) is 0 Å². The summed E-state index contributed by atoms with van der Waals surface area (Å²) in [5, 5.41) is 9.95. The lowest BCUT2D eigenvalue weighted by molar-refractivity contribution is -0.140. The van der Waals surface area contributed by atoms with E-state index in [9.17, 15) is 23.1 Å². The number of likely N-dealkylation sites (tertiary alicyclic amines) is 1. The van der Waals surface area contributed by atoms with Crippen LogP contribution < -0.4 is 0 Å². The highest BCUT2D eigenvalue weighted by Crippen LogP contribution is 2.40. The number of hydrogen-bond donors (Lipinski definition) is 1. The molecule has 0 bridgehead atoms. The molecule has 3 rings (SSSR count). The molecule has 1 aromatic heterocycles. The summed E-state index contributed by atoms with van der Waals surface area (Å²) >= 11 is 0. The maximum absolute atomic E-state index is 13.3. The molecule has 2 atom stereocenters. The number of rotatable bonds is 3. The number of benzene rings is 1. The van der Waals surface area contributed by atoms with Gasteiger partial charge in [0.25, 0.3) is 0 Å². The van der Waals surface area contributed by atoms with Crippen LogP contribution in [0.2, 0.25) is 0 Å². The standard InChI is InChI=1S/C18H17F3N2O2/c19-18(20,21)15-4-2-1-3-14(15)16-10-13(24)11-23(16)17(25)9-12-5-7-22-8-6-12/h1-8,13,16,24H,9-11H2/t13-,16-/m0/s1. The molecule has 1 N–H and O–H groups in total. The van der Waals surface area contributed by atoms with E-state index in [0.29, 0.717) is 0 Å². The van der Waals surface area contributed by atoms with Crippen molar-refractivity contribution in [2.75, 3.05) is 6.54 Å². The first-order valence-electron chi connectivity index (χ1n) is 7.89. The maximum atomic E-state index is 13.3.